The molecule has 6 nitrogen and oxygen atoms in total. The zero-order valence-electron chi connectivity index (χ0n) is 14.3. The number of carbonyl (C=O) groups is 1. The molecule has 138 valence electrons. The van der Waals surface area contributed by atoms with Crippen LogP contribution in [0.15, 0.2) is 71.5 Å². The molecule has 0 unspecified atom stereocenters. The summed E-state index contributed by atoms with van der Waals surface area (Å²) in [7, 11) is 0. The van der Waals surface area contributed by atoms with Crippen LogP contribution in [0.1, 0.15) is 10.5 Å². The van der Waals surface area contributed by atoms with Gasteiger partial charge in [-0.3, -0.25) is 9.59 Å². The summed E-state index contributed by atoms with van der Waals surface area (Å²) in [6.45, 7) is 0.318. The minimum Gasteiger partial charge on any atom is -0.506 e. The number of rotatable bonds is 6. The first kappa shape index (κ1) is 18.5. The van der Waals surface area contributed by atoms with Crippen molar-refractivity contribution >= 4 is 23.2 Å². The summed E-state index contributed by atoms with van der Waals surface area (Å²) in [6, 6.07) is 17.8. The Hall–Kier alpha value is -3.25. The summed E-state index contributed by atoms with van der Waals surface area (Å²) in [4.78, 5) is 24.8. The van der Waals surface area contributed by atoms with Crippen LogP contribution in [0.3, 0.4) is 0 Å². The zero-order chi connectivity index (χ0) is 19.2. The Morgan fingerprint density at radius 1 is 1.04 bits per heavy atom. The van der Waals surface area contributed by atoms with E-state index in [-0.39, 0.29) is 35.8 Å². The van der Waals surface area contributed by atoms with E-state index in [9.17, 15) is 14.7 Å². The number of nitrogens with one attached hydrogen (secondary N) is 1. The van der Waals surface area contributed by atoms with Crippen LogP contribution in [-0.2, 0) is 6.54 Å². The van der Waals surface area contributed by atoms with E-state index >= 15 is 0 Å². The number of carbonyl (C=O) groups excluding carboxylic acids is 1. The van der Waals surface area contributed by atoms with E-state index in [4.69, 9.17) is 16.3 Å². The number of benzene rings is 2. The molecule has 2 N–H and O–H groups in total. The van der Waals surface area contributed by atoms with E-state index in [1.165, 1.54) is 28.8 Å². The number of halogens is 1. The van der Waals surface area contributed by atoms with Crippen molar-refractivity contribution in [1.29, 1.82) is 0 Å². The summed E-state index contributed by atoms with van der Waals surface area (Å²) < 4.78 is 6.92. The van der Waals surface area contributed by atoms with Crippen molar-refractivity contribution in [2.45, 2.75) is 6.54 Å². The highest BCUT2D eigenvalue weighted by Crippen LogP contribution is 2.23. The lowest BCUT2D eigenvalue weighted by atomic mass is 10.2. The van der Waals surface area contributed by atoms with Gasteiger partial charge in [-0.2, -0.15) is 0 Å². The minimum atomic E-state index is -0.507. The summed E-state index contributed by atoms with van der Waals surface area (Å²) >= 11 is 6.04. The van der Waals surface area contributed by atoms with E-state index in [0.717, 1.165) is 0 Å². The van der Waals surface area contributed by atoms with Crippen LogP contribution in [0, 0.1) is 0 Å². The van der Waals surface area contributed by atoms with Gasteiger partial charge in [0.2, 0.25) is 0 Å². The Kier molecular flexibility index (Phi) is 5.78. The van der Waals surface area contributed by atoms with Gasteiger partial charge in [0.15, 0.2) is 0 Å². The highest BCUT2D eigenvalue weighted by Gasteiger charge is 2.14. The number of aromatic hydroxyl groups is 1. The maximum Gasteiger partial charge on any atom is 0.272 e. The van der Waals surface area contributed by atoms with Crippen molar-refractivity contribution in [2.75, 3.05) is 11.9 Å². The predicted octanol–water partition coefficient (Wildman–Crippen LogP) is 3.54. The second-order valence-corrected chi connectivity index (χ2v) is 6.06. The van der Waals surface area contributed by atoms with E-state index in [2.05, 4.69) is 5.32 Å². The maximum atomic E-state index is 12.6. The van der Waals surface area contributed by atoms with Gasteiger partial charge < -0.3 is 19.7 Å². The average Bonchev–Trinajstić information content (AvgIpc) is 2.66. The highest BCUT2D eigenvalue weighted by molar-refractivity contribution is 6.32. The molecule has 27 heavy (non-hydrogen) atoms. The number of para-hydroxylation sites is 3. The van der Waals surface area contributed by atoms with Crippen LogP contribution < -0.4 is 15.6 Å². The second-order valence-electron chi connectivity index (χ2n) is 5.65. The van der Waals surface area contributed by atoms with Crippen molar-refractivity contribution < 1.29 is 14.6 Å². The lowest BCUT2D eigenvalue weighted by Gasteiger charge is -2.14. The Morgan fingerprint density at radius 2 is 1.78 bits per heavy atom. The number of nitrogens with zero attached hydrogens (tertiary/aromatic N) is 1. The van der Waals surface area contributed by atoms with Crippen molar-refractivity contribution in [3.8, 4) is 11.5 Å². The van der Waals surface area contributed by atoms with Crippen LogP contribution in [0.4, 0.5) is 5.69 Å². The van der Waals surface area contributed by atoms with Gasteiger partial charge in [0.05, 0.1) is 17.3 Å². The Bertz CT molecular complexity index is 1020. The first-order chi connectivity index (χ1) is 13.1. The number of hydrogen-bond acceptors (Lipinski definition) is 4. The van der Waals surface area contributed by atoms with Crippen molar-refractivity contribution in [2.24, 2.45) is 0 Å². The molecule has 0 spiro atoms. The maximum absolute atomic E-state index is 12.6. The molecule has 2 aromatic carbocycles. The molecular formula is C20H17ClN2O4. The van der Waals surface area contributed by atoms with Gasteiger partial charge in [0.25, 0.3) is 11.5 Å². The molecule has 0 atom stereocenters. The Balaban J connectivity index is 1.76. The second kappa shape index (κ2) is 8.42. The standard InChI is InChI=1S/C20H17ClN2O4/c21-14-6-1-4-10-18(14)27-13-12-23-16(8-5-11-19(23)25)20(26)22-15-7-2-3-9-17(15)24/h1-11,24H,12-13H2,(H,22,26). The number of aromatic nitrogens is 1. The lowest BCUT2D eigenvalue weighted by Crippen LogP contribution is -2.29. The molecule has 0 saturated carbocycles. The first-order valence-corrected chi connectivity index (χ1v) is 8.60. The quantitative estimate of drug-likeness (QED) is 0.637. The van der Waals surface area contributed by atoms with Crippen molar-refractivity contribution in [3.05, 3.63) is 87.8 Å². The van der Waals surface area contributed by atoms with E-state index < -0.39 is 5.91 Å². The molecule has 0 aliphatic heterocycles. The monoisotopic (exact) mass is 384 g/mol. The van der Waals surface area contributed by atoms with Gasteiger partial charge >= 0.3 is 0 Å². The number of hydrogen-bond donors (Lipinski definition) is 2. The summed E-state index contributed by atoms with van der Waals surface area (Å²) in [5, 5.41) is 12.9. The third-order valence-corrected chi connectivity index (χ3v) is 4.16. The molecule has 0 bridgehead atoms. The number of amides is 1. The van der Waals surface area contributed by atoms with Gasteiger partial charge in [0.1, 0.15) is 23.8 Å². The number of ether oxygens (including phenoxy) is 1. The fourth-order valence-corrected chi connectivity index (χ4v) is 2.71. The summed E-state index contributed by atoms with van der Waals surface area (Å²) in [6.07, 6.45) is 0. The zero-order valence-corrected chi connectivity index (χ0v) is 15.0. The first-order valence-electron chi connectivity index (χ1n) is 8.23. The fourth-order valence-electron chi connectivity index (χ4n) is 2.52. The molecule has 1 heterocycles. The molecule has 0 aliphatic carbocycles. The largest absolute Gasteiger partial charge is 0.506 e. The number of pyridine rings is 1. The number of phenolic OH excluding ortho intramolecular Hbond substituents is 1. The number of anilines is 1. The van der Waals surface area contributed by atoms with Gasteiger partial charge in [-0.1, -0.05) is 41.9 Å². The molecule has 7 heteroatoms. The summed E-state index contributed by atoms with van der Waals surface area (Å²) in [5.74, 6) is -0.0620. The van der Waals surface area contributed by atoms with E-state index in [1.807, 2.05) is 0 Å². The summed E-state index contributed by atoms with van der Waals surface area (Å²) in [5.41, 5.74) is 0.0915. The van der Waals surface area contributed by atoms with Gasteiger partial charge in [-0.25, -0.2) is 0 Å². The van der Waals surface area contributed by atoms with Crippen LogP contribution in [0.25, 0.3) is 0 Å². The van der Waals surface area contributed by atoms with Crippen molar-refractivity contribution in [3.63, 3.8) is 0 Å². The molecule has 0 saturated heterocycles. The van der Waals surface area contributed by atoms with Crippen LogP contribution in [0.2, 0.25) is 5.02 Å². The normalized spacial score (nSPS) is 10.4. The average molecular weight is 385 g/mol. The minimum absolute atomic E-state index is 0.0577. The Labute approximate surface area is 160 Å². The van der Waals surface area contributed by atoms with Crippen LogP contribution in [0.5, 0.6) is 11.5 Å². The molecule has 1 aromatic heterocycles. The molecule has 0 radical (unpaired) electrons. The fraction of sp³-hybridized carbons (Fsp3) is 0.100. The number of phenols is 1. The van der Waals surface area contributed by atoms with Crippen molar-refractivity contribution in [1.82, 2.24) is 4.57 Å². The van der Waals surface area contributed by atoms with Gasteiger partial charge in [0, 0.05) is 6.07 Å². The highest BCUT2D eigenvalue weighted by atomic mass is 35.5. The predicted molar refractivity (Wildman–Crippen MR) is 104 cm³/mol. The van der Waals surface area contributed by atoms with E-state index in [1.54, 1.807) is 42.5 Å². The third kappa shape index (κ3) is 4.48. The van der Waals surface area contributed by atoms with Gasteiger partial charge in [-0.15, -0.1) is 0 Å². The van der Waals surface area contributed by atoms with Crippen LogP contribution >= 0.6 is 11.6 Å². The lowest BCUT2D eigenvalue weighted by molar-refractivity contribution is 0.101. The van der Waals surface area contributed by atoms with Crippen LogP contribution in [-0.4, -0.2) is 22.2 Å². The SMILES string of the molecule is O=C(Nc1ccccc1O)c1cccc(=O)n1CCOc1ccccc1Cl. The van der Waals surface area contributed by atoms with E-state index in [0.29, 0.717) is 10.8 Å². The smallest absolute Gasteiger partial charge is 0.272 e. The van der Waals surface area contributed by atoms with Gasteiger partial charge in [-0.05, 0) is 30.3 Å². The topological polar surface area (TPSA) is 80.6 Å². The molecule has 0 fully saturated rings. The molecule has 3 rings (SSSR count). The molecule has 0 aliphatic rings. The molecule has 1 amide bonds. The third-order valence-electron chi connectivity index (χ3n) is 3.84. The molecular weight excluding hydrogens is 368 g/mol. The molecule has 3 aromatic rings. The Morgan fingerprint density at radius 3 is 2.56 bits per heavy atom.